The Morgan fingerprint density at radius 1 is 1.31 bits per heavy atom. The van der Waals surface area contributed by atoms with Gasteiger partial charge in [0, 0.05) is 5.75 Å². The fraction of sp³-hybridized carbons (Fsp3) is 0.333. The van der Waals surface area contributed by atoms with Crippen LogP contribution in [0.3, 0.4) is 0 Å². The molecule has 0 saturated carbocycles. The molecule has 0 saturated heterocycles. The maximum absolute atomic E-state index is 9.59. The fourth-order valence-electron chi connectivity index (χ4n) is 1.61. The molecule has 0 spiro atoms. The van der Waals surface area contributed by atoms with Crippen LogP contribution in [0.5, 0.6) is 0 Å². The minimum absolute atomic E-state index is 0.00642. The number of aliphatic hydroxyl groups is 1. The normalized spacial score (nSPS) is 21.2. The van der Waals surface area contributed by atoms with Crippen LogP contribution in [0.1, 0.15) is 11.1 Å². The van der Waals surface area contributed by atoms with Crippen molar-refractivity contribution in [3.05, 3.63) is 29.3 Å². The van der Waals surface area contributed by atoms with Crippen molar-refractivity contribution in [2.24, 2.45) is 0 Å². The molecule has 3 N–H and O–H groups in total. The number of aryl methyl sites for hydroxylation is 1. The largest absolute Gasteiger partial charge is 0.392 e. The van der Waals surface area contributed by atoms with Crippen LogP contribution >= 0.6 is 10.6 Å². The lowest BCUT2D eigenvalue weighted by Crippen LogP contribution is -1.95. The van der Waals surface area contributed by atoms with E-state index < -0.39 is 10.6 Å². The van der Waals surface area contributed by atoms with Crippen LogP contribution in [0, 0.1) is 0 Å². The summed E-state index contributed by atoms with van der Waals surface area (Å²) in [7, 11) is -2.51. The lowest BCUT2D eigenvalue weighted by atomic mass is 10.1. The molecule has 1 aliphatic rings. The van der Waals surface area contributed by atoms with Gasteiger partial charge in [-0.3, -0.25) is 9.11 Å². The number of hydrogen-bond acceptors (Lipinski definition) is 3. The van der Waals surface area contributed by atoms with Crippen LogP contribution in [0.25, 0.3) is 0 Å². The van der Waals surface area contributed by atoms with Gasteiger partial charge in [-0.15, -0.1) is 0 Å². The standard InChI is InChI=1S/C9H12O3S/c10-6-7-1-2-9-8(5-7)3-4-13(9,11)12/h1-2,5,10-12H,3-4,6H2. The van der Waals surface area contributed by atoms with Gasteiger partial charge in [-0.1, -0.05) is 12.1 Å². The lowest BCUT2D eigenvalue weighted by molar-refractivity contribution is 0.281. The van der Waals surface area contributed by atoms with Gasteiger partial charge in [-0.2, -0.15) is 10.6 Å². The molecule has 1 aromatic rings. The molecule has 0 unspecified atom stereocenters. The van der Waals surface area contributed by atoms with E-state index in [9.17, 15) is 9.11 Å². The molecule has 1 heterocycles. The molecular formula is C9H12O3S. The Labute approximate surface area is 78.4 Å². The number of hydrogen-bond donors (Lipinski definition) is 3. The van der Waals surface area contributed by atoms with Crippen molar-refractivity contribution in [1.82, 2.24) is 0 Å². The van der Waals surface area contributed by atoms with Crippen molar-refractivity contribution >= 4 is 10.6 Å². The van der Waals surface area contributed by atoms with E-state index in [0.717, 1.165) is 11.1 Å². The van der Waals surface area contributed by atoms with Crippen molar-refractivity contribution in [3.63, 3.8) is 0 Å². The Kier molecular flexibility index (Phi) is 2.08. The summed E-state index contributed by atoms with van der Waals surface area (Å²) in [5.74, 6) is 0.428. The molecule has 13 heavy (non-hydrogen) atoms. The third-order valence-corrected chi connectivity index (χ3v) is 4.19. The molecule has 0 aromatic heterocycles. The average molecular weight is 200 g/mol. The van der Waals surface area contributed by atoms with Gasteiger partial charge in [0.15, 0.2) is 0 Å². The Balaban J connectivity index is 2.46. The van der Waals surface area contributed by atoms with E-state index in [0.29, 0.717) is 17.1 Å². The van der Waals surface area contributed by atoms with E-state index in [2.05, 4.69) is 0 Å². The van der Waals surface area contributed by atoms with Gasteiger partial charge in [0.2, 0.25) is 0 Å². The molecule has 3 nitrogen and oxygen atoms in total. The zero-order valence-corrected chi connectivity index (χ0v) is 7.92. The van der Waals surface area contributed by atoms with Crippen molar-refractivity contribution in [3.8, 4) is 0 Å². The quantitative estimate of drug-likeness (QED) is 0.648. The van der Waals surface area contributed by atoms with Crippen molar-refractivity contribution in [2.45, 2.75) is 17.9 Å². The molecule has 72 valence electrons. The van der Waals surface area contributed by atoms with E-state index in [1.54, 1.807) is 12.1 Å². The van der Waals surface area contributed by atoms with Gasteiger partial charge in [-0.05, 0) is 23.6 Å². The molecule has 0 fully saturated rings. The summed E-state index contributed by atoms with van der Waals surface area (Å²) in [5.41, 5.74) is 1.79. The molecule has 2 rings (SSSR count). The Bertz CT molecular complexity index is 336. The third kappa shape index (κ3) is 1.46. The van der Waals surface area contributed by atoms with Gasteiger partial charge >= 0.3 is 0 Å². The second kappa shape index (κ2) is 2.99. The predicted molar refractivity (Wildman–Crippen MR) is 52.1 cm³/mol. The van der Waals surface area contributed by atoms with Crippen molar-refractivity contribution in [1.29, 1.82) is 0 Å². The maximum atomic E-state index is 9.59. The van der Waals surface area contributed by atoms with Crippen LogP contribution in [0.15, 0.2) is 23.1 Å². The zero-order chi connectivity index (χ0) is 9.47. The molecule has 1 aliphatic heterocycles. The first-order valence-corrected chi connectivity index (χ1v) is 5.84. The summed E-state index contributed by atoms with van der Waals surface area (Å²) < 4.78 is 19.2. The summed E-state index contributed by atoms with van der Waals surface area (Å²) in [6.45, 7) is 0.00642. The predicted octanol–water partition coefficient (Wildman–Crippen LogP) is 1.84. The second-order valence-corrected chi connectivity index (χ2v) is 5.40. The molecule has 4 heteroatoms. The highest BCUT2D eigenvalue weighted by Crippen LogP contribution is 2.54. The molecule has 1 aromatic carbocycles. The molecular weight excluding hydrogens is 188 g/mol. The van der Waals surface area contributed by atoms with E-state index in [4.69, 9.17) is 5.11 Å². The van der Waals surface area contributed by atoms with Crippen LogP contribution < -0.4 is 0 Å². The summed E-state index contributed by atoms with van der Waals surface area (Å²) >= 11 is 0. The summed E-state index contributed by atoms with van der Waals surface area (Å²) in [6, 6.07) is 5.29. The Morgan fingerprint density at radius 3 is 2.77 bits per heavy atom. The van der Waals surface area contributed by atoms with Gasteiger partial charge < -0.3 is 5.11 Å². The zero-order valence-electron chi connectivity index (χ0n) is 7.10. The smallest absolute Gasteiger partial charge is 0.0681 e. The van der Waals surface area contributed by atoms with E-state index in [1.807, 2.05) is 6.07 Å². The van der Waals surface area contributed by atoms with Gasteiger partial charge in [-0.25, -0.2) is 0 Å². The number of rotatable bonds is 1. The minimum atomic E-state index is -2.51. The highest BCUT2D eigenvalue weighted by molar-refractivity contribution is 8.24. The van der Waals surface area contributed by atoms with E-state index in [1.165, 1.54) is 0 Å². The van der Waals surface area contributed by atoms with E-state index >= 15 is 0 Å². The molecule has 0 atom stereocenters. The average Bonchev–Trinajstić information content (AvgIpc) is 2.42. The fourth-order valence-corrected chi connectivity index (χ4v) is 3.20. The number of fused-ring (bicyclic) bond motifs is 1. The van der Waals surface area contributed by atoms with Crippen LogP contribution in [0.2, 0.25) is 0 Å². The molecule has 0 radical (unpaired) electrons. The Morgan fingerprint density at radius 2 is 2.08 bits per heavy atom. The first-order valence-electron chi connectivity index (χ1n) is 4.12. The van der Waals surface area contributed by atoms with Crippen LogP contribution in [-0.2, 0) is 13.0 Å². The Hall–Kier alpha value is -0.550. The third-order valence-electron chi connectivity index (χ3n) is 2.32. The first-order chi connectivity index (χ1) is 6.13. The summed E-state index contributed by atoms with van der Waals surface area (Å²) in [5, 5.41) is 8.88. The highest BCUT2D eigenvalue weighted by atomic mass is 32.3. The topological polar surface area (TPSA) is 60.7 Å². The minimum Gasteiger partial charge on any atom is -0.392 e. The van der Waals surface area contributed by atoms with Gasteiger partial charge in [0.1, 0.15) is 0 Å². The molecule has 0 bridgehead atoms. The maximum Gasteiger partial charge on any atom is 0.0681 e. The lowest BCUT2D eigenvalue weighted by Gasteiger charge is -2.27. The van der Waals surface area contributed by atoms with Crippen LogP contribution in [0.4, 0.5) is 0 Å². The molecule has 0 aliphatic carbocycles. The number of benzene rings is 1. The van der Waals surface area contributed by atoms with Gasteiger partial charge in [0.25, 0.3) is 0 Å². The van der Waals surface area contributed by atoms with E-state index in [-0.39, 0.29) is 6.61 Å². The monoisotopic (exact) mass is 200 g/mol. The highest BCUT2D eigenvalue weighted by Gasteiger charge is 2.26. The van der Waals surface area contributed by atoms with Gasteiger partial charge in [0.05, 0.1) is 11.5 Å². The van der Waals surface area contributed by atoms with Crippen LogP contribution in [-0.4, -0.2) is 20.0 Å². The second-order valence-electron chi connectivity index (χ2n) is 3.22. The molecule has 0 amide bonds. The summed E-state index contributed by atoms with van der Waals surface area (Å²) in [4.78, 5) is 0.657. The number of aliphatic hydroxyl groups excluding tert-OH is 1. The van der Waals surface area contributed by atoms with Crippen molar-refractivity contribution < 1.29 is 14.2 Å². The van der Waals surface area contributed by atoms with Crippen molar-refractivity contribution in [2.75, 3.05) is 5.75 Å². The summed E-state index contributed by atoms with van der Waals surface area (Å²) in [6.07, 6.45) is 0.700. The first kappa shape index (κ1) is 9.02. The SMILES string of the molecule is OCc1ccc2c(c1)CCS2(O)O.